The summed E-state index contributed by atoms with van der Waals surface area (Å²) in [6, 6.07) is 12.1. The van der Waals surface area contributed by atoms with Gasteiger partial charge in [0.05, 0.1) is 56.4 Å². The molecule has 10 nitrogen and oxygen atoms in total. The minimum Gasteiger partial charge on any atom is -0.540 e. The maximum absolute atomic E-state index is 10.1. The van der Waals surface area contributed by atoms with Gasteiger partial charge < -0.3 is 47.1 Å². The molecule has 12 heteroatoms. The number of rotatable bonds is 25. The first kappa shape index (κ1) is 54.3. The summed E-state index contributed by atoms with van der Waals surface area (Å²) in [6.07, 6.45) is 3.85. The van der Waals surface area contributed by atoms with Crippen LogP contribution in [-0.2, 0) is 0 Å². The van der Waals surface area contributed by atoms with E-state index in [1.807, 2.05) is 24.3 Å². The van der Waals surface area contributed by atoms with Gasteiger partial charge in [0.1, 0.15) is 28.7 Å². The van der Waals surface area contributed by atoms with Crippen LogP contribution in [0.25, 0.3) is 0 Å². The molecule has 0 bridgehead atoms. The number of benzene rings is 3. The molecule has 0 aliphatic heterocycles. The molecule has 0 aliphatic carbocycles. The van der Waals surface area contributed by atoms with E-state index in [9.17, 15) is 5.11 Å². The Kier molecular flexibility index (Phi) is 19.9. The molecule has 0 aliphatic rings. The van der Waals surface area contributed by atoms with E-state index in [2.05, 4.69) is 115 Å². The molecule has 0 radical (unpaired) electrons. The molecule has 0 fully saturated rings. The summed E-state index contributed by atoms with van der Waals surface area (Å²) in [6.45, 7) is 31.6. The Morgan fingerprint density at radius 1 is 0.406 bits per heavy atom. The van der Waals surface area contributed by atoms with Crippen molar-refractivity contribution in [3.8, 4) is 51.7 Å². The first-order valence-electron chi connectivity index (χ1n) is 23.1. The Bertz CT molecular complexity index is 1840. The third-order valence-corrected chi connectivity index (χ3v) is 26.0. The van der Waals surface area contributed by atoms with E-state index in [0.717, 1.165) is 16.7 Å². The third kappa shape index (κ3) is 10.8. The SMILES string of the molecule is COc1cc(OC)c([C@@H]([C@@H](C)/C=C/CO)[C@@H](C)C(c2cc(OC)c(O[Si](C(C)C)(C(C)C)C(C)C)cc2OC)c2cc(OC)c(O[Si](C(C)C)(C(C)C)C(C)C)cc2OC)cc1OC. The minimum atomic E-state index is -2.42. The van der Waals surface area contributed by atoms with Crippen LogP contribution in [0, 0.1) is 11.8 Å². The maximum atomic E-state index is 10.1. The highest BCUT2D eigenvalue weighted by Crippen LogP contribution is 2.56. The summed E-state index contributed by atoms with van der Waals surface area (Å²) in [5.74, 6) is 4.63. The number of aliphatic hydroxyl groups excluding tert-OH is 1. The van der Waals surface area contributed by atoms with Crippen LogP contribution in [0.5, 0.6) is 51.7 Å². The second-order valence-corrected chi connectivity index (χ2v) is 29.9. The number of hydrogen-bond donors (Lipinski definition) is 1. The number of aliphatic hydroxyl groups is 1. The fraction of sp³-hybridized carbons (Fsp3) is 0.615. The van der Waals surface area contributed by atoms with Crippen molar-refractivity contribution < 1.29 is 47.1 Å². The Labute approximate surface area is 389 Å². The van der Waals surface area contributed by atoms with Crippen LogP contribution in [0.1, 0.15) is 125 Å². The molecule has 3 atom stereocenters. The molecule has 1 N–H and O–H groups in total. The monoisotopic (exact) mass is 925 g/mol. The lowest BCUT2D eigenvalue weighted by atomic mass is 9.68. The fourth-order valence-corrected chi connectivity index (χ4v) is 21.7. The molecule has 0 unspecified atom stereocenters. The van der Waals surface area contributed by atoms with E-state index in [1.54, 1.807) is 55.8 Å². The van der Waals surface area contributed by atoms with Gasteiger partial charge >= 0.3 is 0 Å². The lowest BCUT2D eigenvalue weighted by Crippen LogP contribution is -2.50. The zero-order valence-corrected chi connectivity index (χ0v) is 45.2. The summed E-state index contributed by atoms with van der Waals surface area (Å²) >= 11 is 0. The molecule has 0 spiro atoms. The van der Waals surface area contributed by atoms with E-state index in [1.165, 1.54) is 0 Å². The van der Waals surface area contributed by atoms with Gasteiger partial charge in [-0.1, -0.05) is 109 Å². The molecule has 3 aromatic carbocycles. The van der Waals surface area contributed by atoms with E-state index in [-0.39, 0.29) is 24.4 Å². The van der Waals surface area contributed by atoms with Gasteiger partial charge in [0.2, 0.25) is 0 Å². The van der Waals surface area contributed by atoms with Crippen LogP contribution in [0.2, 0.25) is 33.2 Å². The normalized spacial score (nSPS) is 14.0. The van der Waals surface area contributed by atoms with Crippen molar-refractivity contribution >= 4 is 16.6 Å². The molecular weight excluding hydrogens is 841 g/mol. The summed E-state index contributed by atoms with van der Waals surface area (Å²) in [5, 5.41) is 10.1. The van der Waals surface area contributed by atoms with Gasteiger partial charge in [0, 0.05) is 40.8 Å². The zero-order valence-electron chi connectivity index (χ0n) is 43.2. The van der Waals surface area contributed by atoms with E-state index in [0.29, 0.717) is 85.0 Å². The topological polar surface area (TPSA) is 103 Å². The minimum absolute atomic E-state index is 0.0984. The Morgan fingerprint density at radius 3 is 1.00 bits per heavy atom. The second kappa shape index (κ2) is 23.4. The van der Waals surface area contributed by atoms with E-state index < -0.39 is 22.6 Å². The summed E-state index contributed by atoms with van der Waals surface area (Å²) in [5.41, 5.74) is 4.67. The highest BCUT2D eigenvalue weighted by molar-refractivity contribution is 6.78. The van der Waals surface area contributed by atoms with E-state index >= 15 is 0 Å². The lowest BCUT2D eigenvalue weighted by molar-refractivity contribution is 0.310. The smallest absolute Gasteiger partial charge is 0.258 e. The van der Waals surface area contributed by atoms with Gasteiger partial charge in [-0.3, -0.25) is 0 Å². The number of methoxy groups -OCH3 is 7. The van der Waals surface area contributed by atoms with Crippen molar-refractivity contribution in [3.63, 3.8) is 0 Å². The van der Waals surface area contributed by atoms with Gasteiger partial charge in [0.25, 0.3) is 16.6 Å². The zero-order chi connectivity index (χ0) is 48.4. The number of hydrogen-bond acceptors (Lipinski definition) is 10. The first-order chi connectivity index (χ1) is 30.2. The quantitative estimate of drug-likeness (QED) is 0.0653. The molecule has 0 saturated carbocycles. The van der Waals surface area contributed by atoms with Gasteiger partial charge in [-0.25, -0.2) is 0 Å². The van der Waals surface area contributed by atoms with Crippen LogP contribution in [0.3, 0.4) is 0 Å². The van der Waals surface area contributed by atoms with Crippen LogP contribution in [0.15, 0.2) is 48.6 Å². The van der Waals surface area contributed by atoms with Crippen molar-refractivity contribution in [1.29, 1.82) is 0 Å². The molecular formula is C52H84O10Si2. The molecule has 0 heterocycles. The van der Waals surface area contributed by atoms with Gasteiger partial charge in [0.15, 0.2) is 23.0 Å². The summed E-state index contributed by atoms with van der Waals surface area (Å²) in [7, 11) is 6.88. The van der Waals surface area contributed by atoms with Gasteiger partial charge in [-0.15, -0.1) is 0 Å². The van der Waals surface area contributed by atoms with Crippen molar-refractivity contribution in [3.05, 3.63) is 65.2 Å². The van der Waals surface area contributed by atoms with Gasteiger partial charge in [-0.2, -0.15) is 0 Å². The van der Waals surface area contributed by atoms with E-state index in [4.69, 9.17) is 42.0 Å². The van der Waals surface area contributed by atoms with Crippen molar-refractivity contribution in [1.82, 2.24) is 0 Å². The molecule has 0 aromatic heterocycles. The summed E-state index contributed by atoms with van der Waals surface area (Å²) < 4.78 is 57.9. The molecule has 3 aromatic rings. The van der Waals surface area contributed by atoms with Crippen molar-refractivity contribution in [2.45, 2.75) is 142 Å². The molecule has 0 saturated heterocycles. The highest BCUT2D eigenvalue weighted by Gasteiger charge is 2.49. The lowest BCUT2D eigenvalue weighted by Gasteiger charge is -2.43. The number of ether oxygens (including phenoxy) is 7. The van der Waals surface area contributed by atoms with Crippen LogP contribution >= 0.6 is 0 Å². The predicted molar refractivity (Wildman–Crippen MR) is 268 cm³/mol. The summed E-state index contributed by atoms with van der Waals surface area (Å²) in [4.78, 5) is 0. The second-order valence-electron chi connectivity index (χ2n) is 19.1. The largest absolute Gasteiger partial charge is 0.540 e. The highest BCUT2D eigenvalue weighted by atomic mass is 28.4. The molecule has 360 valence electrons. The van der Waals surface area contributed by atoms with Crippen molar-refractivity contribution in [2.75, 3.05) is 56.4 Å². The predicted octanol–water partition coefficient (Wildman–Crippen LogP) is 13.6. The van der Waals surface area contributed by atoms with Gasteiger partial charge in [-0.05, 0) is 69.2 Å². The Morgan fingerprint density at radius 2 is 0.688 bits per heavy atom. The first-order valence-corrected chi connectivity index (χ1v) is 27.4. The average molecular weight is 925 g/mol. The average Bonchev–Trinajstić information content (AvgIpc) is 3.25. The van der Waals surface area contributed by atoms with Crippen LogP contribution in [0.4, 0.5) is 0 Å². The Hall–Kier alpha value is -4.01. The maximum Gasteiger partial charge on any atom is 0.258 e. The standard InChI is InChI=1S/C52H84O10Si2/c1-31(2)63(32(3)4,33(5)6)61-49-29-43(55-16)40(26-46(49)58-19)52(38(14)51(37(13)23-22-24-53)39-25-45(57-18)48(60-21)28-42(39)54-15)41-27-47(59-20)50(30-44(41)56-17)62-64(34(7)8,35(9)10)36(11)12/h22-23,25-38,51-53H,24H2,1-21H3/b23-22+/t37-,38+,51-/m0/s1. The Balaban J connectivity index is 2.64. The van der Waals surface area contributed by atoms with Crippen LogP contribution in [-0.4, -0.2) is 78.1 Å². The molecule has 64 heavy (non-hydrogen) atoms. The third-order valence-electron chi connectivity index (χ3n) is 14.0. The van der Waals surface area contributed by atoms with Crippen LogP contribution < -0.4 is 42.0 Å². The van der Waals surface area contributed by atoms with Crippen molar-refractivity contribution in [2.24, 2.45) is 11.8 Å². The molecule has 0 amide bonds. The fourth-order valence-electron chi connectivity index (χ4n) is 11.2. The molecule has 3 rings (SSSR count). The number of allylic oxidation sites excluding steroid dienone is 1.